The summed E-state index contributed by atoms with van der Waals surface area (Å²) in [6.45, 7) is 2.60. The normalized spacial score (nSPS) is 11.1. The quantitative estimate of drug-likeness (QED) is 0.227. The number of rotatable bonds is 8. The van der Waals surface area contributed by atoms with E-state index < -0.39 is 5.97 Å². The van der Waals surface area contributed by atoms with Crippen LogP contribution in [0.1, 0.15) is 30.1 Å². The Morgan fingerprint density at radius 2 is 2.00 bits per heavy atom. The Morgan fingerprint density at radius 1 is 1.21 bits per heavy atom. The van der Waals surface area contributed by atoms with E-state index in [1.807, 2.05) is 12.1 Å². The average Bonchev–Trinajstić information content (AvgIpc) is 3.21. The number of benzene rings is 1. The second kappa shape index (κ2) is 10.1. The molecular weight excluding hydrogens is 460 g/mol. The molecule has 33 heavy (non-hydrogen) atoms. The number of pyridine rings is 1. The van der Waals surface area contributed by atoms with Gasteiger partial charge >= 0.3 is 5.97 Å². The van der Waals surface area contributed by atoms with Crippen LogP contribution in [-0.4, -0.2) is 39.3 Å². The lowest BCUT2D eigenvalue weighted by Gasteiger charge is -2.12. The topological polar surface area (TPSA) is 103 Å². The molecule has 0 radical (unpaired) electrons. The Hall–Kier alpha value is -3.24. The van der Waals surface area contributed by atoms with Crippen molar-refractivity contribution in [2.24, 2.45) is 0 Å². The van der Waals surface area contributed by atoms with Crippen LogP contribution in [0.2, 0.25) is 0 Å². The highest BCUT2D eigenvalue weighted by Crippen LogP contribution is 2.30. The Labute approximate surface area is 198 Å². The molecule has 4 rings (SSSR count). The molecule has 10 heteroatoms. The van der Waals surface area contributed by atoms with Gasteiger partial charge < -0.3 is 10.1 Å². The van der Waals surface area contributed by atoms with Crippen LogP contribution in [0.3, 0.4) is 0 Å². The molecule has 0 saturated carbocycles. The third kappa shape index (κ3) is 4.91. The lowest BCUT2D eigenvalue weighted by molar-refractivity contribution is -0.113. The average molecular weight is 483 g/mol. The first-order valence-corrected chi connectivity index (χ1v) is 12.2. The third-order valence-electron chi connectivity index (χ3n) is 4.98. The van der Waals surface area contributed by atoms with Crippen LogP contribution in [-0.2, 0) is 16.1 Å². The maximum atomic E-state index is 13.2. The van der Waals surface area contributed by atoms with E-state index in [1.54, 1.807) is 35.0 Å². The molecule has 170 valence electrons. The smallest absolute Gasteiger partial charge is 0.337 e. The number of amides is 1. The zero-order valence-corrected chi connectivity index (χ0v) is 19.8. The molecule has 0 spiro atoms. The fourth-order valence-corrected chi connectivity index (χ4v) is 5.15. The fraction of sp³-hybridized carbons (Fsp3) is 0.261. The number of nitrogens with zero attached hydrogens (tertiary/aromatic N) is 3. The zero-order chi connectivity index (χ0) is 23.4. The van der Waals surface area contributed by atoms with Gasteiger partial charge in [0.15, 0.2) is 5.16 Å². The summed E-state index contributed by atoms with van der Waals surface area (Å²) in [5.41, 5.74) is 1.50. The van der Waals surface area contributed by atoms with Gasteiger partial charge in [0.05, 0.1) is 23.9 Å². The second-order valence-electron chi connectivity index (χ2n) is 7.25. The van der Waals surface area contributed by atoms with E-state index in [0.29, 0.717) is 33.2 Å². The van der Waals surface area contributed by atoms with Crippen molar-refractivity contribution in [2.75, 3.05) is 18.2 Å². The molecule has 0 atom stereocenters. The van der Waals surface area contributed by atoms with Crippen LogP contribution in [0.4, 0.5) is 5.69 Å². The number of anilines is 1. The molecule has 8 nitrogen and oxygen atoms in total. The van der Waals surface area contributed by atoms with Gasteiger partial charge in [0.25, 0.3) is 5.56 Å². The fourth-order valence-electron chi connectivity index (χ4n) is 3.30. The number of thioether (sulfide) groups is 1. The minimum atomic E-state index is -0.439. The summed E-state index contributed by atoms with van der Waals surface area (Å²) in [7, 11) is 1.32. The molecule has 3 heterocycles. The zero-order valence-electron chi connectivity index (χ0n) is 18.2. The number of carbonyl (C=O) groups is 2. The van der Waals surface area contributed by atoms with E-state index >= 15 is 0 Å². The van der Waals surface area contributed by atoms with Gasteiger partial charge in [0, 0.05) is 23.8 Å². The van der Waals surface area contributed by atoms with E-state index in [4.69, 9.17) is 4.98 Å². The predicted molar refractivity (Wildman–Crippen MR) is 131 cm³/mol. The Bertz CT molecular complexity index is 1380. The van der Waals surface area contributed by atoms with Gasteiger partial charge in [-0.25, -0.2) is 14.8 Å². The van der Waals surface area contributed by atoms with E-state index in [0.717, 1.165) is 23.1 Å². The van der Waals surface area contributed by atoms with Crippen LogP contribution in [0.15, 0.2) is 52.5 Å². The number of methoxy groups -OCH3 is 1. The number of fused-ring (bicyclic) bond motifs is 3. The maximum Gasteiger partial charge on any atom is 0.337 e. The van der Waals surface area contributed by atoms with Crippen molar-refractivity contribution in [2.45, 2.75) is 31.5 Å². The monoisotopic (exact) mass is 482 g/mol. The molecule has 3 aromatic heterocycles. The van der Waals surface area contributed by atoms with E-state index in [1.165, 1.54) is 30.2 Å². The predicted octanol–water partition coefficient (Wildman–Crippen LogP) is 4.32. The van der Waals surface area contributed by atoms with Crippen molar-refractivity contribution in [1.82, 2.24) is 14.5 Å². The molecular formula is C23H22N4O4S2. The van der Waals surface area contributed by atoms with Crippen molar-refractivity contribution in [3.8, 4) is 0 Å². The molecule has 1 aromatic carbocycles. The van der Waals surface area contributed by atoms with Crippen molar-refractivity contribution in [3.05, 3.63) is 58.5 Å². The summed E-state index contributed by atoms with van der Waals surface area (Å²) in [5.74, 6) is -0.589. The third-order valence-corrected chi connectivity index (χ3v) is 7.04. The molecule has 0 bridgehead atoms. The van der Waals surface area contributed by atoms with Gasteiger partial charge in [0.1, 0.15) is 9.53 Å². The number of unbranched alkanes of at least 4 members (excludes halogenated alkanes) is 1. The number of hydrogen-bond donors (Lipinski definition) is 1. The molecule has 0 aliphatic rings. The maximum absolute atomic E-state index is 13.2. The standard InChI is InChI=1S/C23H22N4O4S2/c1-3-4-12-27-21(29)19-18(16-6-5-11-24-20(16)33-19)26-23(27)32-13-17(28)25-15-9-7-14(8-10-15)22(30)31-2/h5-11H,3-4,12-13H2,1-2H3,(H,25,28). The van der Waals surface area contributed by atoms with E-state index in [9.17, 15) is 14.4 Å². The molecule has 0 aliphatic carbocycles. The highest BCUT2D eigenvalue weighted by atomic mass is 32.2. The highest BCUT2D eigenvalue weighted by molar-refractivity contribution is 7.99. The van der Waals surface area contributed by atoms with Crippen molar-refractivity contribution in [3.63, 3.8) is 0 Å². The van der Waals surface area contributed by atoms with Crippen LogP contribution in [0.5, 0.6) is 0 Å². The summed E-state index contributed by atoms with van der Waals surface area (Å²) in [6, 6.07) is 10.2. The Kier molecular flexibility index (Phi) is 7.05. The van der Waals surface area contributed by atoms with Gasteiger partial charge in [-0.05, 0) is 42.8 Å². The molecule has 1 amide bonds. The first kappa shape index (κ1) is 22.9. The molecule has 0 fully saturated rings. The Morgan fingerprint density at radius 3 is 2.73 bits per heavy atom. The molecule has 0 aliphatic heterocycles. The number of hydrogen-bond acceptors (Lipinski definition) is 8. The van der Waals surface area contributed by atoms with Gasteiger partial charge in [0.2, 0.25) is 5.91 Å². The van der Waals surface area contributed by atoms with Crippen molar-refractivity contribution < 1.29 is 14.3 Å². The summed E-state index contributed by atoms with van der Waals surface area (Å²) >= 11 is 2.57. The SMILES string of the molecule is CCCCn1c(SCC(=O)Nc2ccc(C(=O)OC)cc2)nc2c(sc3ncccc32)c1=O. The molecule has 1 N–H and O–H groups in total. The van der Waals surface area contributed by atoms with E-state index in [-0.39, 0.29) is 17.2 Å². The minimum absolute atomic E-state index is 0.0865. The van der Waals surface area contributed by atoms with Gasteiger partial charge in [-0.2, -0.15) is 0 Å². The van der Waals surface area contributed by atoms with E-state index in [2.05, 4.69) is 22.0 Å². The number of carbonyl (C=O) groups excluding carboxylic acids is 2. The van der Waals surface area contributed by atoms with Crippen molar-refractivity contribution >= 4 is 61.1 Å². The number of aromatic nitrogens is 3. The number of ether oxygens (including phenoxy) is 1. The van der Waals surface area contributed by atoms with Gasteiger partial charge in [-0.15, -0.1) is 11.3 Å². The number of esters is 1. The van der Waals surface area contributed by atoms with Crippen LogP contribution >= 0.6 is 23.1 Å². The lowest BCUT2D eigenvalue weighted by atomic mass is 10.2. The number of thiophene rings is 1. The molecule has 0 saturated heterocycles. The minimum Gasteiger partial charge on any atom is -0.465 e. The van der Waals surface area contributed by atoms with Gasteiger partial charge in [-0.3, -0.25) is 14.2 Å². The first-order valence-electron chi connectivity index (χ1n) is 10.4. The summed E-state index contributed by atoms with van der Waals surface area (Å²) < 4.78 is 6.92. The highest BCUT2D eigenvalue weighted by Gasteiger charge is 2.17. The molecule has 0 unspecified atom stereocenters. The van der Waals surface area contributed by atoms with Crippen LogP contribution < -0.4 is 10.9 Å². The lowest BCUT2D eigenvalue weighted by Crippen LogP contribution is -2.23. The Balaban J connectivity index is 1.56. The first-order chi connectivity index (χ1) is 16.0. The van der Waals surface area contributed by atoms with Gasteiger partial charge in [-0.1, -0.05) is 25.1 Å². The van der Waals surface area contributed by atoms with Crippen LogP contribution in [0, 0.1) is 0 Å². The summed E-state index contributed by atoms with van der Waals surface area (Å²) in [6.07, 6.45) is 3.47. The van der Waals surface area contributed by atoms with Crippen LogP contribution in [0.25, 0.3) is 20.4 Å². The largest absolute Gasteiger partial charge is 0.465 e. The number of nitrogens with one attached hydrogen (secondary N) is 1. The summed E-state index contributed by atoms with van der Waals surface area (Å²) in [4.78, 5) is 47.2. The summed E-state index contributed by atoms with van der Waals surface area (Å²) in [5, 5.41) is 4.16. The second-order valence-corrected chi connectivity index (χ2v) is 9.19. The molecule has 4 aromatic rings. The van der Waals surface area contributed by atoms with Crippen molar-refractivity contribution in [1.29, 1.82) is 0 Å².